The van der Waals surface area contributed by atoms with Crippen molar-refractivity contribution in [1.82, 2.24) is 9.55 Å². The summed E-state index contributed by atoms with van der Waals surface area (Å²) in [4.78, 5) is 28.7. The largest absolute Gasteiger partial charge is 0.369 e. The van der Waals surface area contributed by atoms with Crippen LogP contribution >= 0.6 is 34.4 Å². The molecule has 3 rings (SSSR count). The number of halogens is 1. The molecule has 0 saturated carbocycles. The number of hydrogen-bond donors (Lipinski definition) is 1. The second-order valence-corrected chi connectivity index (χ2v) is 7.48. The Morgan fingerprint density at radius 3 is 2.62 bits per heavy atom. The molecule has 0 saturated heterocycles. The van der Waals surface area contributed by atoms with Crippen LogP contribution in [0.3, 0.4) is 0 Å². The Morgan fingerprint density at radius 2 is 1.96 bits per heavy atom. The smallest absolute Gasteiger partial charge is 0.266 e. The summed E-state index contributed by atoms with van der Waals surface area (Å²) >= 11 is 3.33. The van der Waals surface area contributed by atoms with Crippen LogP contribution in [0.2, 0.25) is 0 Å². The van der Waals surface area contributed by atoms with Crippen LogP contribution < -0.4 is 11.3 Å². The van der Waals surface area contributed by atoms with E-state index in [1.54, 1.807) is 0 Å². The standard InChI is InChI=1S/C17H14IN3O2S/c1-10-2-5-12(6-3-10)21-16(23)13-8-11(18)4-7-14(13)20-17(21)24-9-15(19)22/h2-8H,9H2,1H3,(H2,19,22). The summed E-state index contributed by atoms with van der Waals surface area (Å²) < 4.78 is 2.50. The van der Waals surface area contributed by atoms with Crippen LogP contribution in [0.15, 0.2) is 52.4 Å². The second-order valence-electron chi connectivity index (χ2n) is 5.29. The minimum atomic E-state index is -0.451. The van der Waals surface area contributed by atoms with Crippen LogP contribution in [0.4, 0.5) is 0 Å². The zero-order valence-electron chi connectivity index (χ0n) is 12.8. The molecule has 0 fully saturated rings. The molecule has 1 heterocycles. The number of aryl methyl sites for hydroxylation is 1. The summed E-state index contributed by atoms with van der Waals surface area (Å²) in [5.74, 6) is -0.388. The van der Waals surface area contributed by atoms with Gasteiger partial charge in [0.2, 0.25) is 5.91 Å². The van der Waals surface area contributed by atoms with Crippen molar-refractivity contribution >= 4 is 51.2 Å². The number of nitrogens with two attached hydrogens (primary N) is 1. The summed E-state index contributed by atoms with van der Waals surface area (Å²) in [6.45, 7) is 1.98. The fourth-order valence-corrected chi connectivity index (χ4v) is 3.53. The maximum Gasteiger partial charge on any atom is 0.266 e. The molecule has 1 aromatic heterocycles. The first-order valence-electron chi connectivity index (χ1n) is 7.16. The lowest BCUT2D eigenvalue weighted by atomic mass is 10.2. The van der Waals surface area contributed by atoms with Gasteiger partial charge in [-0.3, -0.25) is 14.2 Å². The first-order valence-corrected chi connectivity index (χ1v) is 9.22. The van der Waals surface area contributed by atoms with E-state index in [0.717, 1.165) is 20.9 Å². The first kappa shape index (κ1) is 17.0. The molecule has 5 nitrogen and oxygen atoms in total. The number of aromatic nitrogens is 2. The molecule has 24 heavy (non-hydrogen) atoms. The number of primary amides is 1. The molecule has 0 radical (unpaired) electrons. The van der Waals surface area contributed by atoms with Gasteiger partial charge < -0.3 is 5.73 Å². The van der Waals surface area contributed by atoms with Crippen LogP contribution in [0.25, 0.3) is 16.6 Å². The minimum absolute atomic E-state index is 0.0637. The molecule has 3 aromatic rings. The number of nitrogens with zero attached hydrogens (tertiary/aromatic N) is 2. The number of thioether (sulfide) groups is 1. The lowest BCUT2D eigenvalue weighted by Gasteiger charge is -2.13. The van der Waals surface area contributed by atoms with Crippen molar-refractivity contribution in [2.24, 2.45) is 5.73 Å². The van der Waals surface area contributed by atoms with Crippen molar-refractivity contribution in [2.75, 3.05) is 5.75 Å². The Bertz CT molecular complexity index is 984. The highest BCUT2D eigenvalue weighted by Gasteiger charge is 2.14. The average molecular weight is 451 g/mol. The van der Waals surface area contributed by atoms with Crippen molar-refractivity contribution in [3.8, 4) is 5.69 Å². The van der Waals surface area contributed by atoms with Gasteiger partial charge >= 0.3 is 0 Å². The van der Waals surface area contributed by atoms with Crippen molar-refractivity contribution in [3.63, 3.8) is 0 Å². The molecule has 0 spiro atoms. The van der Waals surface area contributed by atoms with E-state index >= 15 is 0 Å². The number of carbonyl (C=O) groups is 1. The Morgan fingerprint density at radius 1 is 1.25 bits per heavy atom. The molecule has 122 valence electrons. The topological polar surface area (TPSA) is 78.0 Å². The van der Waals surface area contributed by atoms with E-state index in [1.165, 1.54) is 4.57 Å². The minimum Gasteiger partial charge on any atom is -0.369 e. The number of rotatable bonds is 4. The fraction of sp³-hybridized carbons (Fsp3) is 0.118. The number of hydrogen-bond acceptors (Lipinski definition) is 4. The van der Waals surface area contributed by atoms with E-state index in [4.69, 9.17) is 5.73 Å². The van der Waals surface area contributed by atoms with Crippen LogP contribution in [-0.2, 0) is 4.79 Å². The molecule has 0 atom stereocenters. The SMILES string of the molecule is Cc1ccc(-n2c(SCC(N)=O)nc3ccc(I)cc3c2=O)cc1. The fourth-order valence-electron chi connectivity index (χ4n) is 2.29. The maximum atomic E-state index is 13.0. The highest BCUT2D eigenvalue weighted by molar-refractivity contribution is 14.1. The van der Waals surface area contributed by atoms with Gasteiger partial charge in [0.15, 0.2) is 5.16 Å². The van der Waals surface area contributed by atoms with Gasteiger partial charge in [-0.1, -0.05) is 29.5 Å². The molecular weight excluding hydrogens is 437 g/mol. The zero-order chi connectivity index (χ0) is 17.3. The van der Waals surface area contributed by atoms with Crippen molar-refractivity contribution in [3.05, 3.63) is 62.0 Å². The Kier molecular flexibility index (Phi) is 4.91. The predicted molar refractivity (Wildman–Crippen MR) is 105 cm³/mol. The second kappa shape index (κ2) is 6.94. The maximum absolute atomic E-state index is 13.0. The molecule has 2 aromatic carbocycles. The van der Waals surface area contributed by atoms with Crippen molar-refractivity contribution in [1.29, 1.82) is 0 Å². The van der Waals surface area contributed by atoms with Gasteiger partial charge in [-0.2, -0.15) is 0 Å². The molecule has 0 bridgehead atoms. The quantitative estimate of drug-likeness (QED) is 0.376. The van der Waals surface area contributed by atoms with Gasteiger partial charge in [-0.25, -0.2) is 4.98 Å². The van der Waals surface area contributed by atoms with E-state index in [2.05, 4.69) is 27.6 Å². The predicted octanol–water partition coefficient (Wildman–Crippen LogP) is 2.88. The summed E-state index contributed by atoms with van der Waals surface area (Å²) in [5, 5.41) is 1.00. The van der Waals surface area contributed by atoms with Gasteiger partial charge in [0, 0.05) is 3.57 Å². The monoisotopic (exact) mass is 451 g/mol. The lowest BCUT2D eigenvalue weighted by molar-refractivity contribution is -0.115. The van der Waals surface area contributed by atoms with Gasteiger partial charge in [0.25, 0.3) is 5.56 Å². The third-order valence-electron chi connectivity index (χ3n) is 3.44. The molecule has 0 unspecified atom stereocenters. The summed E-state index contributed by atoms with van der Waals surface area (Å²) in [5.41, 5.74) is 7.50. The molecule has 7 heteroatoms. The van der Waals surface area contributed by atoms with Gasteiger partial charge in [-0.15, -0.1) is 0 Å². The summed E-state index contributed by atoms with van der Waals surface area (Å²) in [6, 6.07) is 13.1. The molecular formula is C17H14IN3O2S. The molecule has 0 aliphatic rings. The normalized spacial score (nSPS) is 10.9. The number of benzene rings is 2. The highest BCUT2D eigenvalue weighted by atomic mass is 127. The Labute approximate surface area is 156 Å². The number of fused-ring (bicyclic) bond motifs is 1. The number of amides is 1. The van der Waals surface area contributed by atoms with E-state index in [9.17, 15) is 9.59 Å². The third kappa shape index (κ3) is 3.46. The molecule has 1 amide bonds. The van der Waals surface area contributed by atoms with Crippen molar-refractivity contribution < 1.29 is 4.79 Å². The Balaban J connectivity index is 2.27. The van der Waals surface area contributed by atoms with E-state index in [0.29, 0.717) is 21.7 Å². The Hall–Kier alpha value is -1.87. The van der Waals surface area contributed by atoms with Gasteiger partial charge in [0.1, 0.15) is 0 Å². The van der Waals surface area contributed by atoms with E-state index < -0.39 is 5.91 Å². The lowest BCUT2D eigenvalue weighted by Crippen LogP contribution is -2.23. The third-order valence-corrected chi connectivity index (χ3v) is 5.07. The van der Waals surface area contributed by atoms with Crippen LogP contribution in [-0.4, -0.2) is 21.2 Å². The van der Waals surface area contributed by atoms with Gasteiger partial charge in [-0.05, 0) is 59.8 Å². The van der Waals surface area contributed by atoms with Crippen LogP contribution in [0.1, 0.15) is 5.56 Å². The van der Waals surface area contributed by atoms with E-state index in [1.807, 2.05) is 49.4 Å². The summed E-state index contributed by atoms with van der Waals surface area (Å²) in [7, 11) is 0. The van der Waals surface area contributed by atoms with Crippen LogP contribution in [0, 0.1) is 10.5 Å². The first-order chi connectivity index (χ1) is 11.5. The van der Waals surface area contributed by atoms with Crippen LogP contribution in [0.5, 0.6) is 0 Å². The van der Waals surface area contributed by atoms with E-state index in [-0.39, 0.29) is 11.3 Å². The average Bonchev–Trinajstić information content (AvgIpc) is 2.55. The van der Waals surface area contributed by atoms with Crippen molar-refractivity contribution in [2.45, 2.75) is 12.1 Å². The summed E-state index contributed by atoms with van der Waals surface area (Å²) in [6.07, 6.45) is 0. The van der Waals surface area contributed by atoms with Gasteiger partial charge in [0.05, 0.1) is 22.3 Å². The molecule has 0 aliphatic heterocycles. The molecule has 0 aliphatic carbocycles. The number of carbonyl (C=O) groups excluding carboxylic acids is 1. The highest BCUT2D eigenvalue weighted by Crippen LogP contribution is 2.22. The molecule has 2 N–H and O–H groups in total. The zero-order valence-corrected chi connectivity index (χ0v) is 15.8.